The molecule has 3 nitrogen and oxygen atoms in total. The monoisotopic (exact) mass is 346 g/mol. The number of hydrogen-bond donors (Lipinski definition) is 0. The second-order valence-electron chi connectivity index (χ2n) is 5.51. The lowest BCUT2D eigenvalue weighted by molar-refractivity contribution is 0.0655. The van der Waals surface area contributed by atoms with Crippen molar-refractivity contribution in [3.8, 4) is 0 Å². The molecule has 5 heteroatoms. The molecule has 1 aliphatic heterocycles. The molecule has 0 atom stereocenters. The molecule has 0 N–H and O–H groups in total. The summed E-state index contributed by atoms with van der Waals surface area (Å²) in [7, 11) is 0. The van der Waals surface area contributed by atoms with Crippen LogP contribution in [-0.2, 0) is 0 Å². The van der Waals surface area contributed by atoms with Crippen LogP contribution >= 0.6 is 22.9 Å². The van der Waals surface area contributed by atoms with Crippen molar-refractivity contribution >= 4 is 34.9 Å². The van der Waals surface area contributed by atoms with Gasteiger partial charge in [0.2, 0.25) is 0 Å². The number of carbonyl (C=O) groups excluding carboxylic acids is 1. The molecule has 2 heterocycles. The van der Waals surface area contributed by atoms with Crippen LogP contribution in [0.3, 0.4) is 0 Å². The molecule has 1 amide bonds. The fourth-order valence-electron chi connectivity index (χ4n) is 2.62. The lowest BCUT2D eigenvalue weighted by Crippen LogP contribution is -2.48. The van der Waals surface area contributed by atoms with Gasteiger partial charge in [-0.3, -0.25) is 9.69 Å². The van der Waals surface area contributed by atoms with Gasteiger partial charge >= 0.3 is 0 Å². The molecule has 2 aromatic rings. The molecule has 0 radical (unpaired) electrons. The molecular formula is C18H19ClN2OS. The Bertz CT molecular complexity index is 675. The van der Waals surface area contributed by atoms with E-state index in [2.05, 4.69) is 29.2 Å². The summed E-state index contributed by atoms with van der Waals surface area (Å²) in [5.74, 6) is 0.0985. The zero-order valence-electron chi connectivity index (χ0n) is 12.8. The topological polar surface area (TPSA) is 23.6 Å². The van der Waals surface area contributed by atoms with Crippen LogP contribution in [-0.4, -0.2) is 48.4 Å². The van der Waals surface area contributed by atoms with E-state index in [0.29, 0.717) is 4.34 Å². The lowest BCUT2D eigenvalue weighted by atomic mass is 10.2. The fourth-order valence-corrected chi connectivity index (χ4v) is 3.63. The fraction of sp³-hybridized carbons (Fsp3) is 0.278. The standard InChI is InChI=1S/C18H19ClN2OS/c19-17-9-8-16(23-17)18(22)21-13-11-20(12-14-21)10-4-7-15-5-2-1-3-6-15/h1-9H,10-14H2/b7-4+. The van der Waals surface area contributed by atoms with Gasteiger partial charge in [-0.1, -0.05) is 54.1 Å². The van der Waals surface area contributed by atoms with E-state index >= 15 is 0 Å². The summed E-state index contributed by atoms with van der Waals surface area (Å²) >= 11 is 7.26. The maximum atomic E-state index is 12.4. The lowest BCUT2D eigenvalue weighted by Gasteiger charge is -2.33. The molecule has 1 aromatic heterocycles. The molecule has 1 saturated heterocycles. The van der Waals surface area contributed by atoms with Crippen molar-refractivity contribution in [3.05, 3.63) is 63.3 Å². The highest BCUT2D eigenvalue weighted by molar-refractivity contribution is 7.17. The molecule has 1 aromatic carbocycles. The van der Waals surface area contributed by atoms with Crippen LogP contribution in [0, 0.1) is 0 Å². The molecule has 0 unspecified atom stereocenters. The van der Waals surface area contributed by atoms with Gasteiger partial charge in [0.05, 0.1) is 9.21 Å². The van der Waals surface area contributed by atoms with Gasteiger partial charge in [-0.25, -0.2) is 0 Å². The molecule has 3 rings (SSSR count). The Labute approximate surface area is 145 Å². The first-order valence-electron chi connectivity index (χ1n) is 7.71. The smallest absolute Gasteiger partial charge is 0.264 e. The van der Waals surface area contributed by atoms with Crippen molar-refractivity contribution in [2.24, 2.45) is 0 Å². The van der Waals surface area contributed by atoms with Gasteiger partial charge in [-0.15, -0.1) is 11.3 Å². The van der Waals surface area contributed by atoms with Gasteiger partial charge in [0.15, 0.2) is 0 Å². The van der Waals surface area contributed by atoms with Gasteiger partial charge in [-0.2, -0.15) is 0 Å². The Kier molecular flexibility index (Phi) is 5.49. The highest BCUT2D eigenvalue weighted by Gasteiger charge is 2.22. The molecule has 1 aliphatic rings. The number of hydrogen-bond acceptors (Lipinski definition) is 3. The van der Waals surface area contributed by atoms with Crippen molar-refractivity contribution in [2.75, 3.05) is 32.7 Å². The second kappa shape index (κ2) is 7.77. The molecular weight excluding hydrogens is 328 g/mol. The van der Waals surface area contributed by atoms with Crippen molar-refractivity contribution in [3.63, 3.8) is 0 Å². The first-order valence-corrected chi connectivity index (χ1v) is 8.90. The van der Waals surface area contributed by atoms with Gasteiger partial charge in [0, 0.05) is 32.7 Å². The number of benzene rings is 1. The van der Waals surface area contributed by atoms with E-state index in [0.717, 1.165) is 37.6 Å². The Morgan fingerprint density at radius 3 is 2.48 bits per heavy atom. The summed E-state index contributed by atoms with van der Waals surface area (Å²) in [5, 5.41) is 0. The summed E-state index contributed by atoms with van der Waals surface area (Å²) in [6.45, 7) is 4.27. The minimum absolute atomic E-state index is 0.0985. The van der Waals surface area contributed by atoms with Crippen LogP contribution in [0.15, 0.2) is 48.5 Å². The van der Waals surface area contributed by atoms with Crippen molar-refractivity contribution < 1.29 is 4.79 Å². The van der Waals surface area contributed by atoms with E-state index < -0.39 is 0 Å². The molecule has 0 spiro atoms. The number of carbonyl (C=O) groups is 1. The predicted molar refractivity (Wildman–Crippen MR) is 97.1 cm³/mol. The largest absolute Gasteiger partial charge is 0.335 e. The van der Waals surface area contributed by atoms with Crippen LogP contribution in [0.1, 0.15) is 15.2 Å². The van der Waals surface area contributed by atoms with Crippen molar-refractivity contribution in [1.29, 1.82) is 0 Å². The SMILES string of the molecule is O=C(c1ccc(Cl)s1)N1CCN(C/C=C/c2ccccc2)CC1. The number of nitrogens with zero attached hydrogens (tertiary/aromatic N) is 2. The Morgan fingerprint density at radius 1 is 1.09 bits per heavy atom. The van der Waals surface area contributed by atoms with Gasteiger partial charge < -0.3 is 4.90 Å². The van der Waals surface area contributed by atoms with E-state index in [9.17, 15) is 4.79 Å². The number of rotatable bonds is 4. The minimum atomic E-state index is 0.0985. The number of thiophene rings is 1. The number of amides is 1. The summed E-state index contributed by atoms with van der Waals surface area (Å²) < 4.78 is 0.665. The first-order chi connectivity index (χ1) is 11.2. The predicted octanol–water partition coefficient (Wildman–Crippen LogP) is 3.87. The maximum Gasteiger partial charge on any atom is 0.264 e. The van der Waals surface area contributed by atoms with Crippen LogP contribution < -0.4 is 0 Å². The van der Waals surface area contributed by atoms with E-state index in [-0.39, 0.29) is 5.91 Å². The molecule has 23 heavy (non-hydrogen) atoms. The van der Waals surface area contributed by atoms with E-state index in [1.165, 1.54) is 16.9 Å². The minimum Gasteiger partial charge on any atom is -0.335 e. The van der Waals surface area contributed by atoms with E-state index in [1.807, 2.05) is 29.2 Å². The normalized spacial score (nSPS) is 16.1. The zero-order chi connectivity index (χ0) is 16.1. The third-order valence-electron chi connectivity index (χ3n) is 3.92. The highest BCUT2D eigenvalue weighted by Crippen LogP contribution is 2.23. The quantitative estimate of drug-likeness (QED) is 0.839. The molecule has 0 saturated carbocycles. The molecule has 0 aliphatic carbocycles. The second-order valence-corrected chi connectivity index (χ2v) is 7.22. The first kappa shape index (κ1) is 16.2. The van der Waals surface area contributed by atoms with Crippen molar-refractivity contribution in [2.45, 2.75) is 0 Å². The van der Waals surface area contributed by atoms with Crippen LogP contribution in [0.4, 0.5) is 0 Å². The number of halogens is 1. The highest BCUT2D eigenvalue weighted by atomic mass is 35.5. The molecule has 1 fully saturated rings. The van der Waals surface area contributed by atoms with Gasteiger partial charge in [-0.05, 0) is 17.7 Å². The van der Waals surface area contributed by atoms with Gasteiger partial charge in [0.1, 0.15) is 0 Å². The van der Waals surface area contributed by atoms with Crippen LogP contribution in [0.5, 0.6) is 0 Å². The Balaban J connectivity index is 1.47. The third kappa shape index (κ3) is 4.44. The van der Waals surface area contributed by atoms with Crippen LogP contribution in [0.25, 0.3) is 6.08 Å². The Morgan fingerprint density at radius 2 is 1.83 bits per heavy atom. The van der Waals surface area contributed by atoms with Gasteiger partial charge in [0.25, 0.3) is 5.91 Å². The average Bonchev–Trinajstić information content (AvgIpc) is 3.02. The molecule has 120 valence electrons. The summed E-state index contributed by atoms with van der Waals surface area (Å²) in [4.78, 5) is 17.4. The van der Waals surface area contributed by atoms with E-state index in [4.69, 9.17) is 11.6 Å². The van der Waals surface area contributed by atoms with Crippen LogP contribution in [0.2, 0.25) is 4.34 Å². The molecule has 0 bridgehead atoms. The van der Waals surface area contributed by atoms with Crippen molar-refractivity contribution in [1.82, 2.24) is 9.80 Å². The van der Waals surface area contributed by atoms with E-state index in [1.54, 1.807) is 6.07 Å². The maximum absolute atomic E-state index is 12.4. The Hall–Kier alpha value is -1.62. The zero-order valence-corrected chi connectivity index (χ0v) is 14.4. The summed E-state index contributed by atoms with van der Waals surface area (Å²) in [6.07, 6.45) is 4.33. The number of piperazine rings is 1. The summed E-state index contributed by atoms with van der Waals surface area (Å²) in [5.41, 5.74) is 1.22. The summed E-state index contributed by atoms with van der Waals surface area (Å²) in [6, 6.07) is 13.9. The third-order valence-corrected chi connectivity index (χ3v) is 5.14. The average molecular weight is 347 g/mol.